The third-order valence-electron chi connectivity index (χ3n) is 4.47. The lowest BCUT2D eigenvalue weighted by Crippen LogP contribution is -2.27. The first-order valence-corrected chi connectivity index (χ1v) is 7.57. The number of hydrogen-bond donors (Lipinski definition) is 1. The van der Waals surface area contributed by atoms with Crippen molar-refractivity contribution < 1.29 is 4.79 Å². The van der Waals surface area contributed by atoms with Gasteiger partial charge in [-0.1, -0.05) is 23.8 Å². The first-order chi connectivity index (χ1) is 9.24. The summed E-state index contributed by atoms with van der Waals surface area (Å²) >= 11 is 0. The molecule has 1 aliphatic carbocycles. The van der Waals surface area contributed by atoms with Crippen molar-refractivity contribution in [1.82, 2.24) is 5.32 Å². The predicted octanol–water partition coefficient (Wildman–Crippen LogP) is 2.98. The van der Waals surface area contributed by atoms with E-state index in [1.165, 1.54) is 29.5 Å². The minimum atomic E-state index is 0.376. The van der Waals surface area contributed by atoms with Gasteiger partial charge in [-0.3, -0.25) is 4.79 Å². The average molecular weight is 257 g/mol. The third kappa shape index (κ3) is 3.06. The molecule has 19 heavy (non-hydrogen) atoms. The molecule has 1 saturated heterocycles. The fraction of sp³-hybridized carbons (Fsp3) is 0.588. The quantitative estimate of drug-likeness (QED) is 0.898. The number of benzene rings is 1. The molecule has 1 saturated carbocycles. The van der Waals surface area contributed by atoms with Crippen LogP contribution in [0.25, 0.3) is 0 Å². The first-order valence-electron chi connectivity index (χ1n) is 7.57. The van der Waals surface area contributed by atoms with E-state index >= 15 is 0 Å². The smallest absolute Gasteiger partial charge is 0.140 e. The maximum atomic E-state index is 12.1. The van der Waals surface area contributed by atoms with Gasteiger partial charge in [0, 0.05) is 12.3 Å². The zero-order valence-electron chi connectivity index (χ0n) is 11.7. The molecule has 1 aromatic rings. The molecule has 2 nitrogen and oxygen atoms in total. The van der Waals surface area contributed by atoms with Crippen LogP contribution >= 0.6 is 0 Å². The van der Waals surface area contributed by atoms with Gasteiger partial charge in [0.15, 0.2) is 0 Å². The number of piperidine rings is 1. The summed E-state index contributed by atoms with van der Waals surface area (Å²) in [5.74, 6) is 1.48. The van der Waals surface area contributed by atoms with E-state index < -0.39 is 0 Å². The normalized spacial score (nSPS) is 20.5. The highest BCUT2D eigenvalue weighted by Crippen LogP contribution is 2.33. The van der Waals surface area contributed by atoms with Crippen molar-refractivity contribution in [3.63, 3.8) is 0 Å². The zero-order valence-corrected chi connectivity index (χ0v) is 11.7. The topological polar surface area (TPSA) is 29.1 Å². The molecular formula is C17H23NO. The number of aryl methyl sites for hydroxylation is 1. The highest BCUT2D eigenvalue weighted by atomic mass is 16.1. The summed E-state index contributed by atoms with van der Waals surface area (Å²) in [5.41, 5.74) is 4.00. The summed E-state index contributed by atoms with van der Waals surface area (Å²) in [7, 11) is 0. The Labute approximate surface area is 115 Å². The Bertz CT molecular complexity index is 470. The summed E-state index contributed by atoms with van der Waals surface area (Å²) < 4.78 is 0. The maximum Gasteiger partial charge on any atom is 0.140 e. The Morgan fingerprint density at radius 2 is 1.95 bits per heavy atom. The second kappa shape index (κ2) is 5.46. The molecule has 3 rings (SSSR count). The van der Waals surface area contributed by atoms with Crippen LogP contribution in [0, 0.1) is 12.8 Å². The van der Waals surface area contributed by atoms with E-state index in [-0.39, 0.29) is 0 Å². The molecule has 0 atom stereocenters. The maximum absolute atomic E-state index is 12.1. The van der Waals surface area contributed by atoms with Gasteiger partial charge < -0.3 is 5.32 Å². The molecule has 0 unspecified atom stereocenters. The van der Waals surface area contributed by atoms with Crippen LogP contribution in [0.5, 0.6) is 0 Å². The fourth-order valence-corrected chi connectivity index (χ4v) is 3.16. The third-order valence-corrected chi connectivity index (χ3v) is 4.47. The highest BCUT2D eigenvalue weighted by Gasteiger charge is 2.30. The lowest BCUT2D eigenvalue weighted by Gasteiger charge is -2.25. The average Bonchev–Trinajstić information content (AvgIpc) is 3.24. The molecule has 2 heteroatoms. The Kier molecular flexibility index (Phi) is 3.69. The van der Waals surface area contributed by atoms with E-state index in [9.17, 15) is 4.79 Å². The van der Waals surface area contributed by atoms with Crippen molar-refractivity contribution >= 4 is 5.78 Å². The second-order valence-corrected chi connectivity index (χ2v) is 6.14. The Hall–Kier alpha value is -1.15. The van der Waals surface area contributed by atoms with E-state index in [1.807, 2.05) is 0 Å². The molecule has 2 fully saturated rings. The molecule has 0 amide bonds. The standard InChI is InChI=1S/C17H23NO/c1-12-2-5-16(13-6-8-18-9-7-13)15(10-12)11-17(19)14-3-4-14/h2,5,10,13-14,18H,3-4,6-9,11H2,1H3. The summed E-state index contributed by atoms with van der Waals surface area (Å²) in [6.45, 7) is 4.33. The first kappa shape index (κ1) is 12.9. The summed E-state index contributed by atoms with van der Waals surface area (Å²) in [5, 5.41) is 3.42. The van der Waals surface area contributed by atoms with Gasteiger partial charge in [-0.25, -0.2) is 0 Å². The van der Waals surface area contributed by atoms with Crippen molar-refractivity contribution in [2.45, 2.75) is 44.9 Å². The number of carbonyl (C=O) groups is 1. The van der Waals surface area contributed by atoms with Crippen LogP contribution in [0.1, 0.15) is 48.3 Å². The Morgan fingerprint density at radius 1 is 1.21 bits per heavy atom. The van der Waals surface area contributed by atoms with Crippen LogP contribution in [0.15, 0.2) is 18.2 Å². The van der Waals surface area contributed by atoms with Crippen LogP contribution in [-0.2, 0) is 11.2 Å². The monoisotopic (exact) mass is 257 g/mol. The van der Waals surface area contributed by atoms with Crippen molar-refractivity contribution in [3.05, 3.63) is 34.9 Å². The van der Waals surface area contributed by atoms with Gasteiger partial charge in [0.25, 0.3) is 0 Å². The number of nitrogens with one attached hydrogen (secondary N) is 1. The van der Waals surface area contributed by atoms with Crippen LogP contribution < -0.4 is 5.32 Å². The second-order valence-electron chi connectivity index (χ2n) is 6.14. The molecule has 1 heterocycles. The summed E-state index contributed by atoms with van der Waals surface area (Å²) in [6.07, 6.45) is 5.30. The minimum absolute atomic E-state index is 0.376. The molecular weight excluding hydrogens is 234 g/mol. The van der Waals surface area contributed by atoms with Gasteiger partial charge in [0.2, 0.25) is 0 Å². The molecule has 1 aromatic carbocycles. The zero-order chi connectivity index (χ0) is 13.2. The van der Waals surface area contributed by atoms with E-state index in [0.717, 1.165) is 25.9 Å². The lowest BCUT2D eigenvalue weighted by atomic mass is 9.85. The van der Waals surface area contributed by atoms with Gasteiger partial charge >= 0.3 is 0 Å². The molecule has 102 valence electrons. The van der Waals surface area contributed by atoms with Crippen LogP contribution in [0.4, 0.5) is 0 Å². The molecule has 0 radical (unpaired) electrons. The Balaban J connectivity index is 1.82. The SMILES string of the molecule is Cc1ccc(C2CCNCC2)c(CC(=O)C2CC2)c1. The van der Waals surface area contributed by atoms with Crippen molar-refractivity contribution in [1.29, 1.82) is 0 Å². The molecule has 2 aliphatic rings. The minimum Gasteiger partial charge on any atom is -0.317 e. The largest absolute Gasteiger partial charge is 0.317 e. The predicted molar refractivity (Wildman–Crippen MR) is 77.5 cm³/mol. The van der Waals surface area contributed by atoms with E-state index in [1.54, 1.807) is 0 Å². The molecule has 1 aliphatic heterocycles. The number of rotatable bonds is 4. The summed E-state index contributed by atoms with van der Waals surface area (Å²) in [4.78, 5) is 12.1. The van der Waals surface area contributed by atoms with Crippen molar-refractivity contribution in [2.24, 2.45) is 5.92 Å². The molecule has 0 spiro atoms. The number of hydrogen-bond acceptors (Lipinski definition) is 2. The van der Waals surface area contributed by atoms with Gasteiger partial charge in [-0.15, -0.1) is 0 Å². The molecule has 0 aromatic heterocycles. The van der Waals surface area contributed by atoms with Crippen molar-refractivity contribution in [2.75, 3.05) is 13.1 Å². The number of carbonyl (C=O) groups excluding carboxylic acids is 1. The number of ketones is 1. The van der Waals surface area contributed by atoms with Crippen LogP contribution in [0.2, 0.25) is 0 Å². The van der Waals surface area contributed by atoms with Gasteiger partial charge in [-0.2, -0.15) is 0 Å². The molecule has 1 N–H and O–H groups in total. The molecule has 0 bridgehead atoms. The summed E-state index contributed by atoms with van der Waals surface area (Å²) in [6, 6.07) is 6.70. The van der Waals surface area contributed by atoms with Gasteiger partial charge in [0.1, 0.15) is 5.78 Å². The van der Waals surface area contributed by atoms with Crippen LogP contribution in [-0.4, -0.2) is 18.9 Å². The lowest BCUT2D eigenvalue weighted by molar-refractivity contribution is -0.119. The van der Waals surface area contributed by atoms with E-state index in [4.69, 9.17) is 0 Å². The van der Waals surface area contributed by atoms with Gasteiger partial charge in [0.05, 0.1) is 0 Å². The Morgan fingerprint density at radius 3 is 2.63 bits per heavy atom. The van der Waals surface area contributed by atoms with Gasteiger partial charge in [-0.05, 0) is 62.7 Å². The van der Waals surface area contributed by atoms with Crippen LogP contribution in [0.3, 0.4) is 0 Å². The number of Topliss-reactive ketones (excluding diaryl/α,β-unsaturated/α-hetero) is 1. The fourth-order valence-electron chi connectivity index (χ4n) is 3.16. The van der Waals surface area contributed by atoms with E-state index in [0.29, 0.717) is 24.0 Å². The van der Waals surface area contributed by atoms with E-state index in [2.05, 4.69) is 30.4 Å². The van der Waals surface area contributed by atoms with Crippen molar-refractivity contribution in [3.8, 4) is 0 Å². The highest BCUT2D eigenvalue weighted by molar-refractivity contribution is 5.85.